The summed E-state index contributed by atoms with van der Waals surface area (Å²) in [6.07, 6.45) is 8.35. The fourth-order valence-corrected chi connectivity index (χ4v) is 5.19. The zero-order valence-electron chi connectivity index (χ0n) is 16.0. The van der Waals surface area contributed by atoms with Crippen molar-refractivity contribution in [2.24, 2.45) is 0 Å². The lowest BCUT2D eigenvalue weighted by atomic mass is 9.90. The van der Waals surface area contributed by atoms with E-state index in [-0.39, 0.29) is 17.4 Å². The van der Waals surface area contributed by atoms with Gasteiger partial charge < -0.3 is 10.0 Å². The minimum atomic E-state index is -0.612. The molecule has 1 unspecified atom stereocenters. The number of hydrogen-bond donors (Lipinski definition) is 1. The first-order valence-corrected chi connectivity index (χ1v) is 10.4. The highest BCUT2D eigenvalue weighted by Crippen LogP contribution is 2.43. The summed E-state index contributed by atoms with van der Waals surface area (Å²) in [5, 5.41) is 11.5. The molecule has 1 aliphatic heterocycles. The van der Waals surface area contributed by atoms with Crippen LogP contribution in [0.3, 0.4) is 0 Å². The van der Waals surface area contributed by atoms with Crippen LogP contribution in [0.25, 0.3) is 0 Å². The smallest absolute Gasteiger partial charge is 0.290 e. The van der Waals surface area contributed by atoms with Gasteiger partial charge in [-0.25, -0.2) is 4.98 Å². The van der Waals surface area contributed by atoms with Crippen molar-refractivity contribution in [2.45, 2.75) is 58.0 Å². The number of ketones is 1. The van der Waals surface area contributed by atoms with Crippen LogP contribution in [0.1, 0.15) is 64.1 Å². The zero-order valence-corrected chi connectivity index (χ0v) is 16.8. The topological polar surface area (TPSA) is 83.4 Å². The number of pyridine rings is 1. The molecule has 146 valence electrons. The first kappa shape index (κ1) is 18.8. The summed E-state index contributed by atoms with van der Waals surface area (Å²) in [7, 11) is 0. The second-order valence-electron chi connectivity index (χ2n) is 7.43. The van der Waals surface area contributed by atoms with Gasteiger partial charge in [0, 0.05) is 18.4 Å². The van der Waals surface area contributed by atoms with E-state index in [2.05, 4.69) is 9.97 Å². The number of nitrogens with zero attached hydrogens (tertiary/aromatic N) is 3. The van der Waals surface area contributed by atoms with Crippen molar-refractivity contribution >= 4 is 23.0 Å². The molecule has 1 atom stereocenters. The molecule has 0 saturated heterocycles. The average molecular weight is 398 g/mol. The molecule has 0 aromatic carbocycles. The van der Waals surface area contributed by atoms with Crippen LogP contribution in [-0.4, -0.2) is 37.7 Å². The van der Waals surface area contributed by atoms with E-state index in [1.165, 1.54) is 11.3 Å². The Kier molecular flexibility index (Phi) is 5.02. The summed E-state index contributed by atoms with van der Waals surface area (Å²) in [5.74, 6) is -1.21. The number of aliphatic hydroxyl groups is 1. The van der Waals surface area contributed by atoms with Crippen molar-refractivity contribution in [2.75, 3.05) is 0 Å². The van der Waals surface area contributed by atoms with E-state index in [0.717, 1.165) is 42.7 Å². The lowest BCUT2D eigenvalue weighted by Crippen LogP contribution is -2.41. The molecule has 1 amide bonds. The standard InChI is InChI=1S/C21H23N3O3S/c1-12-20(28-13(2)23-12)18(25)16-17(14-7-6-10-22-11-14)24(21(27)19(16)26)15-8-4-3-5-9-15/h6-7,10-11,15,17,26H,3-5,8-9H2,1-2H3. The highest BCUT2D eigenvalue weighted by Gasteiger charge is 2.47. The minimum Gasteiger partial charge on any atom is -0.503 e. The number of hydrogen-bond acceptors (Lipinski definition) is 6. The summed E-state index contributed by atoms with van der Waals surface area (Å²) in [6, 6.07) is 3.05. The number of aryl methyl sites for hydroxylation is 2. The zero-order chi connectivity index (χ0) is 19.8. The molecule has 1 aliphatic carbocycles. The Balaban J connectivity index is 1.81. The first-order valence-electron chi connectivity index (χ1n) is 9.63. The van der Waals surface area contributed by atoms with E-state index >= 15 is 0 Å². The minimum absolute atomic E-state index is 0.0169. The highest BCUT2D eigenvalue weighted by atomic mass is 32.1. The van der Waals surface area contributed by atoms with Gasteiger partial charge in [-0.2, -0.15) is 0 Å². The van der Waals surface area contributed by atoms with Crippen molar-refractivity contribution in [3.8, 4) is 0 Å². The van der Waals surface area contributed by atoms with Gasteiger partial charge in [-0.1, -0.05) is 25.3 Å². The van der Waals surface area contributed by atoms with Crippen LogP contribution in [-0.2, 0) is 4.79 Å². The van der Waals surface area contributed by atoms with Gasteiger partial charge in [0.05, 0.1) is 27.2 Å². The van der Waals surface area contributed by atoms with Gasteiger partial charge in [0.1, 0.15) is 0 Å². The predicted octanol–water partition coefficient (Wildman–Crippen LogP) is 4.07. The van der Waals surface area contributed by atoms with Crippen LogP contribution < -0.4 is 0 Å². The molecule has 6 nitrogen and oxygen atoms in total. The lowest BCUT2D eigenvalue weighted by Gasteiger charge is -2.36. The fraction of sp³-hybridized carbons (Fsp3) is 0.429. The number of Topliss-reactive ketones (excluding diaryl/α,β-unsaturated/α-hetero) is 1. The number of carbonyl (C=O) groups is 2. The van der Waals surface area contributed by atoms with Gasteiger partial charge >= 0.3 is 0 Å². The highest BCUT2D eigenvalue weighted by molar-refractivity contribution is 7.14. The molecule has 4 rings (SSSR count). The summed E-state index contributed by atoms with van der Waals surface area (Å²) >= 11 is 1.30. The van der Waals surface area contributed by atoms with E-state index in [0.29, 0.717) is 10.6 Å². The third kappa shape index (κ3) is 3.13. The second kappa shape index (κ2) is 7.47. The second-order valence-corrected chi connectivity index (χ2v) is 8.64. The van der Waals surface area contributed by atoms with Gasteiger partial charge in [0.25, 0.3) is 5.91 Å². The van der Waals surface area contributed by atoms with Gasteiger partial charge in [-0.15, -0.1) is 11.3 Å². The third-order valence-electron chi connectivity index (χ3n) is 5.57. The van der Waals surface area contributed by atoms with Crippen molar-refractivity contribution in [1.29, 1.82) is 0 Å². The van der Waals surface area contributed by atoms with Crippen molar-refractivity contribution in [3.05, 3.63) is 57.0 Å². The SMILES string of the molecule is Cc1nc(C)c(C(=O)C2=C(O)C(=O)N(C3CCCCC3)C2c2cccnc2)s1. The molecule has 2 aromatic heterocycles. The van der Waals surface area contributed by atoms with Crippen LogP contribution >= 0.6 is 11.3 Å². The van der Waals surface area contributed by atoms with Crippen molar-refractivity contribution in [3.63, 3.8) is 0 Å². The molecule has 0 bridgehead atoms. The number of aliphatic hydroxyl groups excluding tert-OH is 1. The largest absolute Gasteiger partial charge is 0.503 e. The van der Waals surface area contributed by atoms with Crippen LogP contribution in [0.2, 0.25) is 0 Å². The van der Waals surface area contributed by atoms with Crippen molar-refractivity contribution < 1.29 is 14.7 Å². The maximum absolute atomic E-state index is 13.4. The Labute approximate surface area is 167 Å². The Morgan fingerprint density at radius 3 is 2.61 bits per heavy atom. The van der Waals surface area contributed by atoms with Gasteiger partial charge in [0.15, 0.2) is 5.76 Å². The monoisotopic (exact) mass is 397 g/mol. The van der Waals surface area contributed by atoms with Gasteiger partial charge in [-0.05, 0) is 38.3 Å². The Morgan fingerprint density at radius 1 is 1.25 bits per heavy atom. The Bertz CT molecular complexity index is 945. The molecule has 1 N–H and O–H groups in total. The molecule has 2 aromatic rings. The van der Waals surface area contributed by atoms with Crippen LogP contribution in [0.4, 0.5) is 0 Å². The summed E-state index contributed by atoms with van der Waals surface area (Å²) in [6.45, 7) is 3.62. The summed E-state index contributed by atoms with van der Waals surface area (Å²) < 4.78 is 0. The van der Waals surface area contributed by atoms with E-state index in [1.807, 2.05) is 13.0 Å². The van der Waals surface area contributed by atoms with E-state index in [1.54, 1.807) is 30.3 Å². The third-order valence-corrected chi connectivity index (χ3v) is 6.64. The van der Waals surface area contributed by atoms with Crippen LogP contribution in [0.15, 0.2) is 35.9 Å². The Morgan fingerprint density at radius 2 is 2.00 bits per heavy atom. The lowest BCUT2D eigenvalue weighted by molar-refractivity contribution is -0.132. The molecule has 0 spiro atoms. The molecule has 2 aliphatic rings. The summed E-state index contributed by atoms with van der Waals surface area (Å²) in [5.41, 5.74) is 1.52. The summed E-state index contributed by atoms with van der Waals surface area (Å²) in [4.78, 5) is 37.2. The fourth-order valence-electron chi connectivity index (χ4n) is 4.32. The van der Waals surface area contributed by atoms with E-state index < -0.39 is 17.7 Å². The molecule has 0 radical (unpaired) electrons. The molecule has 3 heterocycles. The molecule has 7 heteroatoms. The first-order chi connectivity index (χ1) is 13.5. The molecule has 1 saturated carbocycles. The maximum atomic E-state index is 13.4. The number of amides is 1. The average Bonchev–Trinajstić information content (AvgIpc) is 3.18. The van der Waals surface area contributed by atoms with Crippen LogP contribution in [0, 0.1) is 13.8 Å². The van der Waals surface area contributed by atoms with Crippen molar-refractivity contribution in [1.82, 2.24) is 14.9 Å². The maximum Gasteiger partial charge on any atom is 0.290 e. The van der Waals surface area contributed by atoms with E-state index in [4.69, 9.17) is 0 Å². The number of rotatable bonds is 4. The van der Waals surface area contributed by atoms with Gasteiger partial charge in [0.2, 0.25) is 5.78 Å². The van der Waals surface area contributed by atoms with E-state index in [9.17, 15) is 14.7 Å². The molecule has 1 fully saturated rings. The quantitative estimate of drug-likeness (QED) is 0.787. The molecular formula is C21H23N3O3S. The predicted molar refractivity (Wildman–Crippen MR) is 106 cm³/mol. The number of aromatic nitrogens is 2. The Hall–Kier alpha value is -2.54. The molecular weight excluding hydrogens is 374 g/mol. The van der Waals surface area contributed by atoms with Crippen LogP contribution in [0.5, 0.6) is 0 Å². The number of thiazole rings is 1. The number of carbonyl (C=O) groups excluding carboxylic acids is 2. The van der Waals surface area contributed by atoms with Gasteiger partial charge in [-0.3, -0.25) is 14.6 Å². The molecule has 28 heavy (non-hydrogen) atoms. The normalized spacial score (nSPS) is 20.9.